The van der Waals surface area contributed by atoms with E-state index in [1.165, 1.54) is 4.31 Å². The molecule has 0 aromatic heterocycles. The molecule has 1 fully saturated rings. The lowest BCUT2D eigenvalue weighted by atomic mass is 10.2. The molecule has 1 atom stereocenters. The van der Waals surface area contributed by atoms with Gasteiger partial charge in [-0.3, -0.25) is 0 Å². The summed E-state index contributed by atoms with van der Waals surface area (Å²) in [7, 11) is -3.49. The number of carbonyl (C=O) groups excluding carboxylic acids is 1. The van der Waals surface area contributed by atoms with Crippen molar-refractivity contribution < 1.29 is 17.9 Å². The van der Waals surface area contributed by atoms with Crippen LogP contribution in [0.2, 0.25) is 5.02 Å². The Morgan fingerprint density at radius 3 is 2.56 bits per heavy atom. The average molecular weight is 389 g/mol. The molecule has 25 heavy (non-hydrogen) atoms. The van der Waals surface area contributed by atoms with Crippen LogP contribution < -0.4 is 0 Å². The van der Waals surface area contributed by atoms with Crippen molar-refractivity contribution in [1.82, 2.24) is 9.21 Å². The molecule has 1 saturated heterocycles. The highest BCUT2D eigenvalue weighted by Gasteiger charge is 2.35. The first-order chi connectivity index (χ1) is 11.5. The highest BCUT2D eigenvalue weighted by atomic mass is 35.5. The van der Waals surface area contributed by atoms with E-state index < -0.39 is 21.7 Å². The largest absolute Gasteiger partial charge is 0.444 e. The number of sulfonamides is 1. The molecule has 0 saturated carbocycles. The fraction of sp³-hybridized carbons (Fsp3) is 0.588. The van der Waals surface area contributed by atoms with Crippen LogP contribution in [-0.4, -0.2) is 55.0 Å². The van der Waals surface area contributed by atoms with Gasteiger partial charge in [0.25, 0.3) is 0 Å². The number of piperazine rings is 1. The summed E-state index contributed by atoms with van der Waals surface area (Å²) in [6.07, 6.45) is -0.411. The quantitative estimate of drug-likeness (QED) is 0.797. The van der Waals surface area contributed by atoms with Gasteiger partial charge >= 0.3 is 6.09 Å². The van der Waals surface area contributed by atoms with Gasteiger partial charge in [-0.05, 0) is 45.4 Å². The summed E-state index contributed by atoms with van der Waals surface area (Å²) in [5.41, 5.74) is 0.0742. The molecule has 2 rings (SSSR count). The van der Waals surface area contributed by atoms with Crippen LogP contribution in [0.15, 0.2) is 24.3 Å². The van der Waals surface area contributed by atoms with Crippen LogP contribution in [0.5, 0.6) is 0 Å². The number of rotatable bonds is 3. The molecule has 0 unspecified atom stereocenters. The van der Waals surface area contributed by atoms with Crippen molar-refractivity contribution in [2.24, 2.45) is 0 Å². The molecule has 1 amide bonds. The van der Waals surface area contributed by atoms with Crippen molar-refractivity contribution in [3.63, 3.8) is 0 Å². The number of halogens is 1. The van der Waals surface area contributed by atoms with Gasteiger partial charge in [-0.1, -0.05) is 23.7 Å². The number of hydrogen-bond donors (Lipinski definition) is 0. The van der Waals surface area contributed by atoms with Gasteiger partial charge in [0.2, 0.25) is 10.0 Å². The van der Waals surface area contributed by atoms with Gasteiger partial charge in [0.05, 0.1) is 5.75 Å². The van der Waals surface area contributed by atoms with Crippen molar-refractivity contribution in [3.05, 3.63) is 34.9 Å². The van der Waals surface area contributed by atoms with Crippen molar-refractivity contribution in [2.45, 2.75) is 45.1 Å². The number of hydrogen-bond acceptors (Lipinski definition) is 4. The van der Waals surface area contributed by atoms with E-state index in [1.807, 2.05) is 0 Å². The minimum absolute atomic E-state index is 0.107. The van der Waals surface area contributed by atoms with Crippen LogP contribution in [0.1, 0.15) is 33.3 Å². The average Bonchev–Trinajstić information content (AvgIpc) is 2.44. The molecule has 0 radical (unpaired) electrons. The summed E-state index contributed by atoms with van der Waals surface area (Å²) < 4.78 is 32.3. The van der Waals surface area contributed by atoms with E-state index in [0.717, 1.165) is 0 Å². The summed E-state index contributed by atoms with van der Waals surface area (Å²) in [4.78, 5) is 13.7. The zero-order chi connectivity index (χ0) is 18.8. The molecule has 0 spiro atoms. The Morgan fingerprint density at radius 1 is 1.32 bits per heavy atom. The monoisotopic (exact) mass is 388 g/mol. The third-order valence-corrected chi connectivity index (χ3v) is 6.00. The van der Waals surface area contributed by atoms with Crippen molar-refractivity contribution in [3.8, 4) is 0 Å². The summed E-state index contributed by atoms with van der Waals surface area (Å²) in [6.45, 7) is 8.09. The first-order valence-corrected chi connectivity index (χ1v) is 10.2. The minimum Gasteiger partial charge on any atom is -0.444 e. The van der Waals surface area contributed by atoms with E-state index >= 15 is 0 Å². The number of ether oxygens (including phenoxy) is 1. The smallest absolute Gasteiger partial charge is 0.410 e. The molecule has 8 heteroatoms. The first-order valence-electron chi connectivity index (χ1n) is 8.20. The second-order valence-electron chi connectivity index (χ2n) is 7.27. The Morgan fingerprint density at radius 2 is 2.00 bits per heavy atom. The van der Waals surface area contributed by atoms with Crippen LogP contribution in [-0.2, 0) is 20.5 Å². The molecule has 0 aliphatic carbocycles. The maximum absolute atomic E-state index is 12.7. The predicted molar refractivity (Wildman–Crippen MR) is 98.1 cm³/mol. The molecule has 140 valence electrons. The van der Waals surface area contributed by atoms with E-state index in [0.29, 0.717) is 23.7 Å². The molecule has 1 aromatic rings. The number of benzene rings is 1. The van der Waals surface area contributed by atoms with Crippen molar-refractivity contribution in [2.75, 3.05) is 19.6 Å². The van der Waals surface area contributed by atoms with Crippen LogP contribution in [0, 0.1) is 0 Å². The normalized spacial score (nSPS) is 19.7. The molecule has 6 nitrogen and oxygen atoms in total. The van der Waals surface area contributed by atoms with Crippen molar-refractivity contribution in [1.29, 1.82) is 0 Å². The number of amides is 1. The summed E-state index contributed by atoms with van der Waals surface area (Å²) in [6, 6.07) is 6.52. The molecule has 1 aliphatic rings. The van der Waals surface area contributed by atoms with E-state index in [-0.39, 0.29) is 18.3 Å². The van der Waals surface area contributed by atoms with Gasteiger partial charge in [-0.25, -0.2) is 13.2 Å². The molecule has 1 heterocycles. The van der Waals surface area contributed by atoms with E-state index in [2.05, 4.69) is 0 Å². The minimum atomic E-state index is -3.49. The van der Waals surface area contributed by atoms with Crippen LogP contribution in [0.25, 0.3) is 0 Å². The van der Waals surface area contributed by atoms with Crippen LogP contribution >= 0.6 is 11.6 Å². The Hall–Kier alpha value is -1.31. The highest BCUT2D eigenvalue weighted by Crippen LogP contribution is 2.21. The topological polar surface area (TPSA) is 66.9 Å². The SMILES string of the molecule is C[C@H]1CN(C(=O)OC(C)(C)C)CCN1S(=O)(=O)Cc1cccc(Cl)c1. The van der Waals surface area contributed by atoms with Gasteiger partial charge in [0, 0.05) is 30.7 Å². The van der Waals surface area contributed by atoms with E-state index in [1.54, 1.807) is 56.9 Å². The second-order valence-corrected chi connectivity index (χ2v) is 9.63. The molecule has 0 N–H and O–H groups in total. The third kappa shape index (κ3) is 5.59. The number of carbonyl (C=O) groups is 1. The van der Waals surface area contributed by atoms with Crippen LogP contribution in [0.4, 0.5) is 4.79 Å². The summed E-state index contributed by atoms with van der Waals surface area (Å²) in [5, 5.41) is 0.510. The highest BCUT2D eigenvalue weighted by molar-refractivity contribution is 7.88. The molecule has 0 bridgehead atoms. The third-order valence-electron chi connectivity index (χ3n) is 3.81. The zero-order valence-corrected chi connectivity index (χ0v) is 16.6. The lowest BCUT2D eigenvalue weighted by Crippen LogP contribution is -2.56. The lowest BCUT2D eigenvalue weighted by molar-refractivity contribution is 0.0143. The Bertz CT molecular complexity index is 730. The second kappa shape index (κ2) is 7.51. The molecular formula is C17H25ClN2O4S. The lowest BCUT2D eigenvalue weighted by Gasteiger charge is -2.39. The fourth-order valence-electron chi connectivity index (χ4n) is 2.77. The molecular weight excluding hydrogens is 364 g/mol. The van der Waals surface area contributed by atoms with Gasteiger partial charge in [0.15, 0.2) is 0 Å². The first kappa shape index (κ1) is 20.0. The molecule has 1 aromatic carbocycles. The number of nitrogens with zero attached hydrogens (tertiary/aromatic N) is 2. The summed E-state index contributed by atoms with van der Waals surface area (Å²) in [5.74, 6) is -0.107. The van der Waals surface area contributed by atoms with Crippen LogP contribution in [0.3, 0.4) is 0 Å². The van der Waals surface area contributed by atoms with Crippen molar-refractivity contribution >= 4 is 27.7 Å². The van der Waals surface area contributed by atoms with Gasteiger partial charge in [-0.2, -0.15) is 4.31 Å². The summed E-state index contributed by atoms with van der Waals surface area (Å²) >= 11 is 5.93. The van der Waals surface area contributed by atoms with Gasteiger partial charge in [0.1, 0.15) is 5.60 Å². The predicted octanol–water partition coefficient (Wildman–Crippen LogP) is 3.11. The maximum atomic E-state index is 12.7. The fourth-order valence-corrected chi connectivity index (χ4v) is 4.72. The Balaban J connectivity index is 2.03. The Kier molecular flexibility index (Phi) is 6.01. The van der Waals surface area contributed by atoms with E-state index in [9.17, 15) is 13.2 Å². The Labute approximate surface area is 154 Å². The molecule has 1 aliphatic heterocycles. The van der Waals surface area contributed by atoms with E-state index in [4.69, 9.17) is 16.3 Å². The maximum Gasteiger partial charge on any atom is 0.410 e. The standard InChI is InChI=1S/C17H25ClN2O4S/c1-13-11-19(16(21)24-17(2,3)4)8-9-20(13)25(22,23)12-14-6-5-7-15(18)10-14/h5-7,10,13H,8-9,11-12H2,1-4H3/t13-/m0/s1. The van der Waals surface area contributed by atoms with Gasteiger partial charge in [-0.15, -0.1) is 0 Å². The zero-order valence-electron chi connectivity index (χ0n) is 15.0. The van der Waals surface area contributed by atoms with Gasteiger partial charge < -0.3 is 9.64 Å².